The number of rotatable bonds is 8. The molecule has 1 rings (SSSR count). The van der Waals surface area contributed by atoms with Gasteiger partial charge in [0, 0.05) is 25.8 Å². The molecule has 108 valence electrons. The molecule has 0 atom stereocenters. The number of hydrogen-bond donors (Lipinski definition) is 2. The van der Waals surface area contributed by atoms with Gasteiger partial charge in [-0.25, -0.2) is 8.42 Å². The number of unbranched alkanes of at least 4 members (excludes halogenated alkanes) is 1. The van der Waals surface area contributed by atoms with Crippen LogP contribution in [-0.2, 0) is 10.0 Å². The van der Waals surface area contributed by atoms with Crippen molar-refractivity contribution in [2.75, 3.05) is 32.1 Å². The van der Waals surface area contributed by atoms with Crippen LogP contribution < -0.4 is 5.32 Å². The van der Waals surface area contributed by atoms with Gasteiger partial charge < -0.3 is 10.4 Å². The second kappa shape index (κ2) is 7.47. The van der Waals surface area contributed by atoms with Crippen molar-refractivity contribution in [1.82, 2.24) is 4.31 Å². The monoisotopic (exact) mass is 286 g/mol. The Hall–Kier alpha value is -1.11. The van der Waals surface area contributed by atoms with Gasteiger partial charge in [-0.3, -0.25) is 0 Å². The van der Waals surface area contributed by atoms with E-state index in [4.69, 9.17) is 5.11 Å². The van der Waals surface area contributed by atoms with Crippen molar-refractivity contribution in [3.8, 4) is 0 Å². The Morgan fingerprint density at radius 1 is 1.21 bits per heavy atom. The molecule has 0 heterocycles. The molecule has 0 bridgehead atoms. The molecular formula is C13H22N2O3S. The molecule has 0 radical (unpaired) electrons. The van der Waals surface area contributed by atoms with Crippen LogP contribution >= 0.6 is 0 Å². The summed E-state index contributed by atoms with van der Waals surface area (Å²) in [5, 5.41) is 12.0. The minimum atomic E-state index is -3.51. The van der Waals surface area contributed by atoms with Gasteiger partial charge in [-0.05, 0) is 30.7 Å². The third kappa shape index (κ3) is 4.19. The van der Waals surface area contributed by atoms with Gasteiger partial charge in [0.2, 0.25) is 10.0 Å². The zero-order valence-electron chi connectivity index (χ0n) is 11.5. The molecule has 5 nitrogen and oxygen atoms in total. The molecular weight excluding hydrogens is 264 g/mol. The van der Waals surface area contributed by atoms with Crippen LogP contribution in [0.25, 0.3) is 0 Å². The molecule has 1 aromatic rings. The van der Waals surface area contributed by atoms with Crippen LogP contribution in [0.1, 0.15) is 19.8 Å². The second-order valence-corrected chi connectivity index (χ2v) is 6.19. The predicted octanol–water partition coefficient (Wildman–Crippen LogP) is 1.51. The van der Waals surface area contributed by atoms with E-state index in [2.05, 4.69) is 5.32 Å². The molecule has 0 saturated carbocycles. The van der Waals surface area contributed by atoms with Crippen molar-refractivity contribution in [3.05, 3.63) is 24.3 Å². The van der Waals surface area contributed by atoms with Crippen LogP contribution in [0.4, 0.5) is 5.69 Å². The van der Waals surface area contributed by atoms with Crippen LogP contribution in [0.5, 0.6) is 0 Å². The highest BCUT2D eigenvalue weighted by molar-refractivity contribution is 7.89. The van der Waals surface area contributed by atoms with E-state index in [1.807, 2.05) is 6.92 Å². The molecule has 1 aromatic carbocycles. The maximum absolute atomic E-state index is 12.4. The number of aliphatic hydroxyl groups excluding tert-OH is 1. The van der Waals surface area contributed by atoms with Crippen LogP contribution in [0.2, 0.25) is 0 Å². The fourth-order valence-corrected chi connectivity index (χ4v) is 3.21. The Labute approximate surface area is 115 Å². The minimum absolute atomic E-state index is 0.135. The number of sulfonamides is 1. The van der Waals surface area contributed by atoms with Crippen molar-refractivity contribution in [1.29, 1.82) is 0 Å². The molecule has 0 fully saturated rings. The lowest BCUT2D eigenvalue weighted by Crippen LogP contribution is -2.34. The fraction of sp³-hybridized carbons (Fsp3) is 0.538. The van der Waals surface area contributed by atoms with Gasteiger partial charge in [-0.1, -0.05) is 13.3 Å². The molecule has 2 N–H and O–H groups in total. The summed E-state index contributed by atoms with van der Waals surface area (Å²) in [4.78, 5) is 0.260. The molecule has 19 heavy (non-hydrogen) atoms. The van der Waals surface area contributed by atoms with Gasteiger partial charge in [0.15, 0.2) is 0 Å². The molecule has 0 unspecified atom stereocenters. The van der Waals surface area contributed by atoms with Crippen LogP contribution in [0.15, 0.2) is 29.2 Å². The summed E-state index contributed by atoms with van der Waals surface area (Å²) in [6.07, 6.45) is 1.70. The molecule has 0 amide bonds. The Balaban J connectivity index is 2.96. The molecule has 6 heteroatoms. The normalized spacial score (nSPS) is 11.8. The van der Waals surface area contributed by atoms with Crippen molar-refractivity contribution >= 4 is 15.7 Å². The highest BCUT2D eigenvalue weighted by Gasteiger charge is 2.23. The summed E-state index contributed by atoms with van der Waals surface area (Å²) in [6.45, 7) is 2.41. The summed E-state index contributed by atoms with van der Waals surface area (Å²) in [5.74, 6) is 0. The fourth-order valence-electron chi connectivity index (χ4n) is 1.74. The van der Waals surface area contributed by atoms with E-state index in [1.165, 1.54) is 4.31 Å². The summed E-state index contributed by atoms with van der Waals surface area (Å²) in [6, 6.07) is 6.61. The van der Waals surface area contributed by atoms with Crippen molar-refractivity contribution in [2.45, 2.75) is 24.7 Å². The molecule has 0 aromatic heterocycles. The number of hydrogen-bond acceptors (Lipinski definition) is 4. The number of aliphatic hydroxyl groups is 1. The van der Waals surface area contributed by atoms with Gasteiger partial charge in [0.25, 0.3) is 0 Å². The Kier molecular flexibility index (Phi) is 6.27. The summed E-state index contributed by atoms with van der Waals surface area (Å²) < 4.78 is 26.2. The van der Waals surface area contributed by atoms with E-state index in [9.17, 15) is 8.42 Å². The molecule has 0 saturated heterocycles. The average Bonchev–Trinajstić information content (AvgIpc) is 2.43. The van der Waals surface area contributed by atoms with Gasteiger partial charge in [-0.2, -0.15) is 4.31 Å². The van der Waals surface area contributed by atoms with Gasteiger partial charge in [-0.15, -0.1) is 0 Å². The van der Waals surface area contributed by atoms with E-state index in [-0.39, 0.29) is 18.0 Å². The molecule has 0 aliphatic rings. The Morgan fingerprint density at radius 2 is 1.84 bits per heavy atom. The first kappa shape index (κ1) is 15.9. The highest BCUT2D eigenvalue weighted by atomic mass is 32.2. The Bertz CT molecular complexity index is 471. The highest BCUT2D eigenvalue weighted by Crippen LogP contribution is 2.18. The average molecular weight is 286 g/mol. The molecule has 0 aliphatic heterocycles. The smallest absolute Gasteiger partial charge is 0.243 e. The van der Waals surface area contributed by atoms with Crippen molar-refractivity contribution in [3.63, 3.8) is 0 Å². The first-order valence-electron chi connectivity index (χ1n) is 6.45. The standard InChI is InChI=1S/C13H22N2O3S/c1-3-4-9-15(10-11-16)19(17,18)13-7-5-12(14-2)6-8-13/h5-8,14,16H,3-4,9-11H2,1-2H3. The van der Waals surface area contributed by atoms with Crippen molar-refractivity contribution in [2.24, 2.45) is 0 Å². The van der Waals surface area contributed by atoms with E-state index < -0.39 is 10.0 Å². The maximum atomic E-state index is 12.4. The van der Waals surface area contributed by atoms with E-state index in [0.29, 0.717) is 6.54 Å². The SMILES string of the molecule is CCCCN(CCO)S(=O)(=O)c1ccc(NC)cc1. The first-order valence-corrected chi connectivity index (χ1v) is 7.89. The zero-order chi connectivity index (χ0) is 14.3. The Morgan fingerprint density at radius 3 is 2.32 bits per heavy atom. The quantitative estimate of drug-likeness (QED) is 0.760. The van der Waals surface area contributed by atoms with Crippen LogP contribution in [-0.4, -0.2) is 44.6 Å². The first-order chi connectivity index (χ1) is 9.06. The minimum Gasteiger partial charge on any atom is -0.395 e. The summed E-state index contributed by atoms with van der Waals surface area (Å²) in [5.41, 5.74) is 0.862. The maximum Gasteiger partial charge on any atom is 0.243 e. The van der Waals surface area contributed by atoms with Gasteiger partial charge >= 0.3 is 0 Å². The molecule has 0 spiro atoms. The lowest BCUT2D eigenvalue weighted by Gasteiger charge is -2.21. The van der Waals surface area contributed by atoms with E-state index >= 15 is 0 Å². The number of nitrogens with one attached hydrogen (secondary N) is 1. The van der Waals surface area contributed by atoms with Crippen LogP contribution in [0, 0.1) is 0 Å². The third-order valence-electron chi connectivity index (χ3n) is 2.89. The topological polar surface area (TPSA) is 69.6 Å². The predicted molar refractivity (Wildman–Crippen MR) is 76.7 cm³/mol. The number of nitrogens with zero attached hydrogens (tertiary/aromatic N) is 1. The van der Waals surface area contributed by atoms with Crippen molar-refractivity contribution < 1.29 is 13.5 Å². The third-order valence-corrected chi connectivity index (χ3v) is 4.80. The van der Waals surface area contributed by atoms with Gasteiger partial charge in [0.1, 0.15) is 0 Å². The van der Waals surface area contributed by atoms with Gasteiger partial charge in [0.05, 0.1) is 11.5 Å². The van der Waals surface area contributed by atoms with E-state index in [0.717, 1.165) is 18.5 Å². The largest absolute Gasteiger partial charge is 0.395 e. The van der Waals surface area contributed by atoms with Crippen LogP contribution in [0.3, 0.4) is 0 Å². The molecule has 0 aliphatic carbocycles. The number of anilines is 1. The lowest BCUT2D eigenvalue weighted by molar-refractivity contribution is 0.252. The lowest BCUT2D eigenvalue weighted by atomic mass is 10.3. The number of benzene rings is 1. The van der Waals surface area contributed by atoms with E-state index in [1.54, 1.807) is 31.3 Å². The zero-order valence-corrected chi connectivity index (χ0v) is 12.3. The summed E-state index contributed by atoms with van der Waals surface area (Å²) >= 11 is 0. The second-order valence-electron chi connectivity index (χ2n) is 4.26. The summed E-state index contributed by atoms with van der Waals surface area (Å²) in [7, 11) is -1.73.